The van der Waals surface area contributed by atoms with Crippen molar-refractivity contribution in [1.82, 2.24) is 15.0 Å². The molecule has 0 N–H and O–H groups in total. The number of hydrogen-bond donors (Lipinski definition) is 0. The van der Waals surface area contributed by atoms with Crippen LogP contribution in [0.5, 0.6) is 0 Å². The molecule has 0 bridgehead atoms. The normalized spacial score (nSPS) is 27.1. The lowest BCUT2D eigenvalue weighted by molar-refractivity contribution is -0.0933. The van der Waals surface area contributed by atoms with Crippen LogP contribution in [0.2, 0.25) is 0 Å². The highest BCUT2D eigenvalue weighted by Crippen LogP contribution is 2.29. The Morgan fingerprint density at radius 3 is 2.91 bits per heavy atom. The fourth-order valence-corrected chi connectivity index (χ4v) is 3.46. The Kier molecular flexibility index (Phi) is 5.67. The molecule has 2 fully saturated rings. The quantitative estimate of drug-likeness (QED) is 0.802. The van der Waals surface area contributed by atoms with Crippen LogP contribution in [0, 0.1) is 5.92 Å². The molecule has 0 amide bonds. The van der Waals surface area contributed by atoms with E-state index in [0.717, 1.165) is 13.2 Å². The average molecular weight is 323 g/mol. The van der Waals surface area contributed by atoms with Crippen LogP contribution in [0.4, 0.5) is 0 Å². The van der Waals surface area contributed by atoms with Gasteiger partial charge in [-0.15, -0.1) is 0 Å². The van der Waals surface area contributed by atoms with Gasteiger partial charge in [-0.05, 0) is 25.7 Å². The number of nitrogens with zero attached hydrogens (tertiary/aromatic N) is 3. The van der Waals surface area contributed by atoms with E-state index < -0.39 is 0 Å². The highest BCUT2D eigenvalue weighted by Gasteiger charge is 2.34. The molecule has 1 aliphatic carbocycles. The lowest BCUT2D eigenvalue weighted by Gasteiger charge is -2.43. The summed E-state index contributed by atoms with van der Waals surface area (Å²) in [6.45, 7) is 9.41. The second-order valence-corrected chi connectivity index (χ2v) is 7.15. The number of morpholine rings is 1. The zero-order valence-electron chi connectivity index (χ0n) is 14.5. The van der Waals surface area contributed by atoms with E-state index in [4.69, 9.17) is 14.0 Å². The fraction of sp³-hybridized carbons (Fsp3) is 0.882. The number of hydrogen-bond acceptors (Lipinski definition) is 6. The summed E-state index contributed by atoms with van der Waals surface area (Å²) in [5, 5.41) is 4.09. The summed E-state index contributed by atoms with van der Waals surface area (Å²) in [5.41, 5.74) is 0. The van der Waals surface area contributed by atoms with Crippen molar-refractivity contribution in [3.63, 3.8) is 0 Å². The summed E-state index contributed by atoms with van der Waals surface area (Å²) < 4.78 is 17.1. The van der Waals surface area contributed by atoms with Gasteiger partial charge in [-0.2, -0.15) is 4.98 Å². The molecular formula is C17H29N3O3. The Morgan fingerprint density at radius 2 is 2.09 bits per heavy atom. The van der Waals surface area contributed by atoms with Crippen LogP contribution in [-0.4, -0.2) is 46.9 Å². The van der Waals surface area contributed by atoms with E-state index >= 15 is 0 Å². The molecule has 1 aliphatic heterocycles. The van der Waals surface area contributed by atoms with E-state index in [2.05, 4.69) is 28.9 Å². The minimum Gasteiger partial charge on any atom is -0.375 e. The van der Waals surface area contributed by atoms with E-state index in [1.807, 2.05) is 6.92 Å². The molecule has 0 spiro atoms. The number of aromatic nitrogens is 2. The molecule has 2 heterocycles. The first-order valence-electron chi connectivity index (χ1n) is 8.93. The lowest BCUT2D eigenvalue weighted by Crippen LogP contribution is -2.52. The molecule has 6 heteroatoms. The van der Waals surface area contributed by atoms with Crippen molar-refractivity contribution in [2.45, 2.75) is 71.2 Å². The predicted molar refractivity (Wildman–Crippen MR) is 85.9 cm³/mol. The van der Waals surface area contributed by atoms with Crippen molar-refractivity contribution >= 4 is 0 Å². The third-order valence-electron chi connectivity index (χ3n) is 4.71. The highest BCUT2D eigenvalue weighted by atomic mass is 16.5. The van der Waals surface area contributed by atoms with E-state index in [0.29, 0.717) is 42.9 Å². The van der Waals surface area contributed by atoms with Gasteiger partial charge in [0.1, 0.15) is 6.10 Å². The van der Waals surface area contributed by atoms with E-state index in [9.17, 15) is 0 Å². The van der Waals surface area contributed by atoms with Crippen LogP contribution in [0.3, 0.4) is 0 Å². The molecule has 0 radical (unpaired) electrons. The maximum atomic E-state index is 5.92. The second kappa shape index (κ2) is 7.73. The Balaban J connectivity index is 1.57. The summed E-state index contributed by atoms with van der Waals surface area (Å²) in [5.74, 6) is 1.83. The number of ether oxygens (including phenoxy) is 2. The molecule has 1 saturated carbocycles. The molecule has 3 atom stereocenters. The van der Waals surface area contributed by atoms with Crippen molar-refractivity contribution in [1.29, 1.82) is 0 Å². The van der Waals surface area contributed by atoms with Gasteiger partial charge in [0.05, 0.1) is 19.3 Å². The Morgan fingerprint density at radius 1 is 1.26 bits per heavy atom. The van der Waals surface area contributed by atoms with Gasteiger partial charge in [0.15, 0.2) is 5.82 Å². The van der Waals surface area contributed by atoms with Crippen molar-refractivity contribution in [2.75, 3.05) is 19.8 Å². The van der Waals surface area contributed by atoms with E-state index in [-0.39, 0.29) is 6.10 Å². The molecule has 23 heavy (non-hydrogen) atoms. The zero-order valence-corrected chi connectivity index (χ0v) is 14.5. The summed E-state index contributed by atoms with van der Waals surface area (Å²) in [6.07, 6.45) is 5.21. The van der Waals surface area contributed by atoms with Gasteiger partial charge in [0.2, 0.25) is 5.89 Å². The van der Waals surface area contributed by atoms with Crippen LogP contribution >= 0.6 is 0 Å². The van der Waals surface area contributed by atoms with Crippen LogP contribution < -0.4 is 0 Å². The number of rotatable bonds is 6. The summed E-state index contributed by atoms with van der Waals surface area (Å²) in [7, 11) is 0. The second-order valence-electron chi connectivity index (χ2n) is 7.15. The first-order valence-corrected chi connectivity index (χ1v) is 8.93. The highest BCUT2D eigenvalue weighted by molar-refractivity contribution is 4.93. The number of fused-ring (bicyclic) bond motifs is 1. The molecule has 0 unspecified atom stereocenters. The summed E-state index contributed by atoms with van der Waals surface area (Å²) >= 11 is 0. The SMILES string of the molecule is CC(C)CO[C@H](C)c1noc(CN2CCO[C@@H]3CCCC[C@@H]32)n1. The summed E-state index contributed by atoms with van der Waals surface area (Å²) in [4.78, 5) is 6.98. The minimum atomic E-state index is -0.123. The summed E-state index contributed by atoms with van der Waals surface area (Å²) in [6, 6.07) is 0.502. The monoisotopic (exact) mass is 323 g/mol. The molecule has 1 aromatic heterocycles. The van der Waals surface area contributed by atoms with Crippen LogP contribution in [-0.2, 0) is 16.0 Å². The molecule has 1 aromatic rings. The maximum Gasteiger partial charge on any atom is 0.240 e. The minimum absolute atomic E-state index is 0.123. The van der Waals surface area contributed by atoms with E-state index in [1.165, 1.54) is 25.7 Å². The molecule has 2 aliphatic rings. The van der Waals surface area contributed by atoms with Gasteiger partial charge in [-0.25, -0.2) is 0 Å². The molecule has 6 nitrogen and oxygen atoms in total. The Labute approximate surface area is 138 Å². The van der Waals surface area contributed by atoms with Gasteiger partial charge < -0.3 is 14.0 Å². The van der Waals surface area contributed by atoms with Gasteiger partial charge >= 0.3 is 0 Å². The Bertz CT molecular complexity index is 489. The smallest absolute Gasteiger partial charge is 0.240 e. The van der Waals surface area contributed by atoms with Crippen molar-refractivity contribution < 1.29 is 14.0 Å². The average Bonchev–Trinajstić information content (AvgIpc) is 3.01. The standard InChI is InChI=1S/C17H29N3O3/c1-12(2)11-22-13(3)17-18-16(23-19-17)10-20-8-9-21-15-7-5-4-6-14(15)20/h12-15H,4-11H2,1-3H3/t13-,14+,15-/m1/s1. The van der Waals surface area contributed by atoms with Crippen LogP contribution in [0.15, 0.2) is 4.52 Å². The molecule has 130 valence electrons. The molecule has 1 saturated heterocycles. The van der Waals surface area contributed by atoms with Gasteiger partial charge in [0, 0.05) is 19.2 Å². The molecule has 3 rings (SSSR count). The largest absolute Gasteiger partial charge is 0.375 e. The molecular weight excluding hydrogens is 294 g/mol. The van der Waals surface area contributed by atoms with Gasteiger partial charge in [-0.3, -0.25) is 4.90 Å². The van der Waals surface area contributed by atoms with Crippen LogP contribution in [0.1, 0.15) is 64.3 Å². The van der Waals surface area contributed by atoms with Crippen molar-refractivity contribution in [2.24, 2.45) is 5.92 Å². The first kappa shape index (κ1) is 16.9. The Hall–Kier alpha value is -0.980. The predicted octanol–water partition coefficient (Wildman–Crippen LogP) is 2.95. The van der Waals surface area contributed by atoms with Crippen molar-refractivity contribution in [3.8, 4) is 0 Å². The topological polar surface area (TPSA) is 60.6 Å². The third kappa shape index (κ3) is 4.31. The zero-order chi connectivity index (χ0) is 16.2. The van der Waals surface area contributed by atoms with Crippen LogP contribution in [0.25, 0.3) is 0 Å². The third-order valence-corrected chi connectivity index (χ3v) is 4.71. The fourth-order valence-electron chi connectivity index (χ4n) is 3.46. The van der Waals surface area contributed by atoms with E-state index in [1.54, 1.807) is 0 Å². The van der Waals surface area contributed by atoms with Gasteiger partial charge in [0.25, 0.3) is 0 Å². The molecule has 0 aromatic carbocycles. The van der Waals surface area contributed by atoms with Gasteiger partial charge in [-0.1, -0.05) is 31.8 Å². The lowest BCUT2D eigenvalue weighted by atomic mass is 9.90. The first-order chi connectivity index (χ1) is 11.1. The van der Waals surface area contributed by atoms with Crippen molar-refractivity contribution in [3.05, 3.63) is 11.7 Å². The maximum absolute atomic E-state index is 5.92.